The van der Waals surface area contributed by atoms with Crippen molar-refractivity contribution in [2.45, 2.75) is 25.4 Å². The number of likely N-dealkylation sites (tertiary alicyclic amines) is 1. The van der Waals surface area contributed by atoms with Crippen LogP contribution in [0.5, 0.6) is 11.5 Å². The summed E-state index contributed by atoms with van der Waals surface area (Å²) in [6.07, 6.45) is 3.56. The Bertz CT molecular complexity index is 687. The smallest absolute Gasteiger partial charge is 0.318 e. The molecule has 128 valence electrons. The van der Waals surface area contributed by atoms with E-state index in [1.165, 1.54) is 0 Å². The third-order valence-electron chi connectivity index (χ3n) is 4.30. The van der Waals surface area contributed by atoms with Crippen molar-refractivity contribution in [3.63, 3.8) is 0 Å². The van der Waals surface area contributed by atoms with Gasteiger partial charge in [-0.3, -0.25) is 5.10 Å². The van der Waals surface area contributed by atoms with Crippen LogP contribution in [0.1, 0.15) is 30.1 Å². The minimum atomic E-state index is -0.0787. The molecule has 1 saturated heterocycles. The molecule has 0 bridgehead atoms. The molecule has 1 aromatic carbocycles. The second-order valence-electron chi connectivity index (χ2n) is 5.70. The van der Waals surface area contributed by atoms with E-state index in [0.717, 1.165) is 42.1 Å². The molecule has 2 heterocycles. The lowest BCUT2D eigenvalue weighted by Gasteiger charge is -2.26. The van der Waals surface area contributed by atoms with Crippen molar-refractivity contribution in [2.24, 2.45) is 0 Å². The molecule has 3 rings (SSSR count). The van der Waals surface area contributed by atoms with Crippen molar-refractivity contribution >= 4 is 6.03 Å². The molecule has 2 N–H and O–H groups in total. The van der Waals surface area contributed by atoms with Gasteiger partial charge in [-0.2, -0.15) is 5.10 Å². The molecule has 0 spiro atoms. The number of nitrogens with one attached hydrogen (secondary N) is 2. The standard InChI is InChI=1S/C17H22N4O3/c1-23-13-5-6-14(16(10-13)24-2)15-4-3-9-21(15)17(22)18-11-12-7-8-19-20-12/h5-8,10,15H,3-4,9,11H2,1-2H3,(H,18,22)(H,19,20). The van der Waals surface area contributed by atoms with Crippen LogP contribution < -0.4 is 14.8 Å². The SMILES string of the molecule is COc1ccc(C2CCCN2C(=O)NCc2ccn[nH]2)c(OC)c1. The Morgan fingerprint density at radius 3 is 2.96 bits per heavy atom. The lowest BCUT2D eigenvalue weighted by molar-refractivity contribution is 0.191. The molecule has 0 radical (unpaired) electrons. The van der Waals surface area contributed by atoms with Crippen molar-refractivity contribution in [1.29, 1.82) is 0 Å². The van der Waals surface area contributed by atoms with Gasteiger partial charge in [0.25, 0.3) is 0 Å². The van der Waals surface area contributed by atoms with E-state index in [0.29, 0.717) is 6.54 Å². The largest absolute Gasteiger partial charge is 0.497 e. The van der Waals surface area contributed by atoms with E-state index < -0.39 is 0 Å². The molecule has 2 amide bonds. The molecule has 1 fully saturated rings. The van der Waals surface area contributed by atoms with Crippen LogP contribution in [0.2, 0.25) is 0 Å². The maximum atomic E-state index is 12.6. The van der Waals surface area contributed by atoms with Crippen LogP contribution in [-0.4, -0.2) is 41.9 Å². The van der Waals surface area contributed by atoms with Gasteiger partial charge >= 0.3 is 6.03 Å². The van der Waals surface area contributed by atoms with Gasteiger partial charge in [0.05, 0.1) is 32.5 Å². The van der Waals surface area contributed by atoms with Gasteiger partial charge in [0.2, 0.25) is 0 Å². The highest BCUT2D eigenvalue weighted by Crippen LogP contribution is 2.38. The van der Waals surface area contributed by atoms with E-state index in [1.54, 1.807) is 20.4 Å². The molecule has 7 heteroatoms. The summed E-state index contributed by atoms with van der Waals surface area (Å²) in [5.41, 5.74) is 1.88. The molecule has 1 aliphatic rings. The number of aromatic nitrogens is 2. The second-order valence-corrected chi connectivity index (χ2v) is 5.70. The number of methoxy groups -OCH3 is 2. The number of carbonyl (C=O) groups excluding carboxylic acids is 1. The second kappa shape index (κ2) is 7.25. The predicted octanol–water partition coefficient (Wildman–Crippen LogP) is 2.47. The average Bonchev–Trinajstić information content (AvgIpc) is 3.30. The number of hydrogen-bond acceptors (Lipinski definition) is 4. The number of ether oxygens (including phenoxy) is 2. The third-order valence-corrected chi connectivity index (χ3v) is 4.30. The van der Waals surface area contributed by atoms with Gasteiger partial charge in [-0.15, -0.1) is 0 Å². The van der Waals surface area contributed by atoms with Crippen LogP contribution in [-0.2, 0) is 6.54 Å². The van der Waals surface area contributed by atoms with E-state index >= 15 is 0 Å². The highest BCUT2D eigenvalue weighted by molar-refractivity contribution is 5.75. The van der Waals surface area contributed by atoms with Crippen molar-refractivity contribution < 1.29 is 14.3 Å². The summed E-state index contributed by atoms with van der Waals surface area (Å²) < 4.78 is 10.7. The zero-order valence-electron chi connectivity index (χ0n) is 13.9. The monoisotopic (exact) mass is 330 g/mol. The van der Waals surface area contributed by atoms with Gasteiger partial charge in [0.15, 0.2) is 0 Å². The van der Waals surface area contributed by atoms with E-state index in [9.17, 15) is 4.79 Å². The van der Waals surface area contributed by atoms with Crippen molar-refractivity contribution in [2.75, 3.05) is 20.8 Å². The van der Waals surface area contributed by atoms with E-state index in [1.807, 2.05) is 29.2 Å². The van der Waals surface area contributed by atoms with Crippen molar-refractivity contribution in [1.82, 2.24) is 20.4 Å². The fraction of sp³-hybridized carbons (Fsp3) is 0.412. The van der Waals surface area contributed by atoms with Gasteiger partial charge in [-0.05, 0) is 31.0 Å². The quantitative estimate of drug-likeness (QED) is 0.883. The molecule has 2 aromatic rings. The third kappa shape index (κ3) is 3.29. The highest BCUT2D eigenvalue weighted by atomic mass is 16.5. The predicted molar refractivity (Wildman–Crippen MR) is 89.1 cm³/mol. The number of amides is 2. The number of H-pyrrole nitrogens is 1. The molecular weight excluding hydrogens is 308 g/mol. The first-order chi connectivity index (χ1) is 11.7. The van der Waals surface area contributed by atoms with Gasteiger partial charge in [0.1, 0.15) is 11.5 Å². The Kier molecular flexibility index (Phi) is 4.88. The topological polar surface area (TPSA) is 79.5 Å². The molecule has 1 aromatic heterocycles. The number of nitrogens with zero attached hydrogens (tertiary/aromatic N) is 2. The Labute approximate surface area is 140 Å². The zero-order valence-corrected chi connectivity index (χ0v) is 13.9. The first-order valence-corrected chi connectivity index (χ1v) is 7.97. The number of urea groups is 1. The first kappa shape index (κ1) is 16.2. The summed E-state index contributed by atoms with van der Waals surface area (Å²) in [6, 6.07) is 7.50. The fourth-order valence-corrected chi connectivity index (χ4v) is 3.08. The van der Waals surface area contributed by atoms with E-state index in [4.69, 9.17) is 9.47 Å². The molecule has 0 saturated carbocycles. The first-order valence-electron chi connectivity index (χ1n) is 7.97. The molecule has 7 nitrogen and oxygen atoms in total. The number of benzene rings is 1. The highest BCUT2D eigenvalue weighted by Gasteiger charge is 2.31. The average molecular weight is 330 g/mol. The minimum absolute atomic E-state index is 0.00706. The van der Waals surface area contributed by atoms with Crippen LogP contribution in [0, 0.1) is 0 Å². The maximum Gasteiger partial charge on any atom is 0.318 e. The summed E-state index contributed by atoms with van der Waals surface area (Å²) in [5.74, 6) is 1.48. The molecular formula is C17H22N4O3. The van der Waals surface area contributed by atoms with Crippen molar-refractivity contribution in [3.05, 3.63) is 41.7 Å². The number of rotatable bonds is 5. The van der Waals surface area contributed by atoms with Crippen LogP contribution in [0.15, 0.2) is 30.5 Å². The van der Waals surface area contributed by atoms with Crippen LogP contribution >= 0.6 is 0 Å². The lowest BCUT2D eigenvalue weighted by Crippen LogP contribution is -2.39. The molecule has 24 heavy (non-hydrogen) atoms. The van der Waals surface area contributed by atoms with Crippen LogP contribution in [0.25, 0.3) is 0 Å². The summed E-state index contributed by atoms with van der Waals surface area (Å²) in [4.78, 5) is 14.4. The Morgan fingerprint density at radius 2 is 2.25 bits per heavy atom. The Balaban J connectivity index is 1.74. The summed E-state index contributed by atoms with van der Waals surface area (Å²) in [5, 5.41) is 9.66. The maximum absolute atomic E-state index is 12.6. The van der Waals surface area contributed by atoms with Crippen LogP contribution in [0.3, 0.4) is 0 Å². The summed E-state index contributed by atoms with van der Waals surface area (Å²) in [7, 11) is 3.26. The van der Waals surface area contributed by atoms with Crippen molar-refractivity contribution in [3.8, 4) is 11.5 Å². The Morgan fingerprint density at radius 1 is 1.38 bits per heavy atom. The summed E-state index contributed by atoms with van der Waals surface area (Å²) in [6.45, 7) is 1.16. The fourth-order valence-electron chi connectivity index (χ4n) is 3.08. The lowest BCUT2D eigenvalue weighted by atomic mass is 10.0. The van der Waals surface area contributed by atoms with E-state index in [-0.39, 0.29) is 12.1 Å². The number of aromatic amines is 1. The van der Waals surface area contributed by atoms with Gasteiger partial charge in [-0.25, -0.2) is 4.79 Å². The number of hydrogen-bond donors (Lipinski definition) is 2. The molecule has 1 atom stereocenters. The zero-order chi connectivity index (χ0) is 16.9. The van der Waals surface area contributed by atoms with Gasteiger partial charge in [0, 0.05) is 24.4 Å². The minimum Gasteiger partial charge on any atom is -0.497 e. The van der Waals surface area contributed by atoms with Gasteiger partial charge in [-0.1, -0.05) is 0 Å². The number of carbonyl (C=O) groups is 1. The Hall–Kier alpha value is -2.70. The molecule has 0 aliphatic carbocycles. The summed E-state index contributed by atoms with van der Waals surface area (Å²) >= 11 is 0. The van der Waals surface area contributed by atoms with Gasteiger partial charge < -0.3 is 19.7 Å². The van der Waals surface area contributed by atoms with Crippen LogP contribution in [0.4, 0.5) is 4.79 Å². The molecule has 1 unspecified atom stereocenters. The molecule has 1 aliphatic heterocycles. The normalized spacial score (nSPS) is 16.9. The van der Waals surface area contributed by atoms with E-state index in [2.05, 4.69) is 15.5 Å².